The summed E-state index contributed by atoms with van der Waals surface area (Å²) in [5, 5.41) is 8.73. The summed E-state index contributed by atoms with van der Waals surface area (Å²) < 4.78 is 5.05. The lowest BCUT2D eigenvalue weighted by Gasteiger charge is -2.02. The molecule has 76 valence electrons. The molecule has 0 aromatic carbocycles. The van der Waals surface area contributed by atoms with Gasteiger partial charge in [-0.05, 0) is 18.8 Å². The number of carbonyl (C=O) groups is 1. The first-order valence-electron chi connectivity index (χ1n) is 5.07. The highest BCUT2D eigenvalue weighted by atomic mass is 16.5. The molecule has 1 saturated carbocycles. The number of hydrogen-bond acceptors (Lipinski definition) is 3. The third kappa shape index (κ3) is 3.35. The van der Waals surface area contributed by atoms with E-state index in [1.807, 2.05) is 0 Å². The minimum absolute atomic E-state index is 0.00775. The van der Waals surface area contributed by atoms with Crippen LogP contribution in [0.25, 0.3) is 0 Å². The van der Waals surface area contributed by atoms with Gasteiger partial charge in [0.25, 0.3) is 0 Å². The molecule has 0 bridgehead atoms. The molecule has 1 aliphatic rings. The Hall–Kier alpha value is -0.570. The molecular formula is C10H18O3. The van der Waals surface area contributed by atoms with Crippen LogP contribution in [0.4, 0.5) is 0 Å². The van der Waals surface area contributed by atoms with E-state index in [1.165, 1.54) is 0 Å². The van der Waals surface area contributed by atoms with Crippen LogP contribution in [0.5, 0.6) is 0 Å². The largest absolute Gasteiger partial charge is 0.465 e. The molecule has 3 nitrogen and oxygen atoms in total. The molecule has 2 unspecified atom stereocenters. The molecule has 3 heteroatoms. The number of unbranched alkanes of at least 4 members (excludes halogenated alkanes) is 2. The molecule has 13 heavy (non-hydrogen) atoms. The van der Waals surface area contributed by atoms with Gasteiger partial charge in [-0.15, -0.1) is 0 Å². The van der Waals surface area contributed by atoms with Gasteiger partial charge in [0.05, 0.1) is 12.5 Å². The van der Waals surface area contributed by atoms with Gasteiger partial charge in [0.15, 0.2) is 0 Å². The Bertz CT molecular complexity index is 168. The van der Waals surface area contributed by atoms with E-state index in [-0.39, 0.29) is 24.4 Å². The molecular weight excluding hydrogens is 168 g/mol. The maximum Gasteiger partial charge on any atom is 0.309 e. The van der Waals surface area contributed by atoms with E-state index in [4.69, 9.17) is 9.84 Å². The minimum atomic E-state index is -0.116. The summed E-state index contributed by atoms with van der Waals surface area (Å²) in [5.74, 6) is 0.0560. The van der Waals surface area contributed by atoms with Crippen molar-refractivity contribution in [1.82, 2.24) is 0 Å². The topological polar surface area (TPSA) is 46.5 Å². The van der Waals surface area contributed by atoms with Crippen molar-refractivity contribution in [1.29, 1.82) is 0 Å². The molecule has 1 aliphatic carbocycles. The van der Waals surface area contributed by atoms with E-state index in [1.54, 1.807) is 0 Å². The van der Waals surface area contributed by atoms with Crippen molar-refractivity contribution in [3.63, 3.8) is 0 Å². The monoisotopic (exact) mass is 186 g/mol. The Morgan fingerprint density at radius 2 is 2.31 bits per heavy atom. The van der Waals surface area contributed by atoms with Crippen LogP contribution in [0, 0.1) is 11.8 Å². The fourth-order valence-electron chi connectivity index (χ4n) is 1.37. The lowest BCUT2D eigenvalue weighted by atomic mass is 10.3. The lowest BCUT2D eigenvalue weighted by molar-refractivity contribution is -0.145. The first-order valence-corrected chi connectivity index (χ1v) is 5.07. The minimum Gasteiger partial charge on any atom is -0.465 e. The van der Waals surface area contributed by atoms with Crippen molar-refractivity contribution in [3.05, 3.63) is 0 Å². The number of carbonyl (C=O) groups excluding carboxylic acids is 1. The first kappa shape index (κ1) is 10.5. The van der Waals surface area contributed by atoms with Gasteiger partial charge in [0.1, 0.15) is 0 Å². The van der Waals surface area contributed by atoms with Crippen LogP contribution in [0.2, 0.25) is 0 Å². The summed E-state index contributed by atoms with van der Waals surface area (Å²) in [6, 6.07) is 0. The van der Waals surface area contributed by atoms with E-state index < -0.39 is 0 Å². The molecule has 0 aromatic rings. The van der Waals surface area contributed by atoms with Crippen LogP contribution in [0.15, 0.2) is 0 Å². The van der Waals surface area contributed by atoms with Crippen molar-refractivity contribution in [3.8, 4) is 0 Å². The van der Waals surface area contributed by atoms with Crippen LogP contribution in [0.1, 0.15) is 32.6 Å². The van der Waals surface area contributed by atoms with Gasteiger partial charge in [-0.2, -0.15) is 0 Å². The van der Waals surface area contributed by atoms with Crippen molar-refractivity contribution >= 4 is 5.97 Å². The van der Waals surface area contributed by atoms with Crippen LogP contribution < -0.4 is 0 Å². The quantitative estimate of drug-likeness (QED) is 0.503. The van der Waals surface area contributed by atoms with Crippen molar-refractivity contribution < 1.29 is 14.6 Å². The predicted molar refractivity (Wildman–Crippen MR) is 49.2 cm³/mol. The molecule has 0 aliphatic heterocycles. The fraction of sp³-hybridized carbons (Fsp3) is 0.900. The molecule has 2 atom stereocenters. The van der Waals surface area contributed by atoms with Gasteiger partial charge in [-0.25, -0.2) is 0 Å². The number of aliphatic hydroxyl groups excluding tert-OH is 1. The van der Waals surface area contributed by atoms with Crippen LogP contribution in [-0.4, -0.2) is 24.3 Å². The molecule has 1 N–H and O–H groups in total. The molecule has 1 rings (SSSR count). The third-order valence-corrected chi connectivity index (χ3v) is 2.45. The number of esters is 1. The van der Waals surface area contributed by atoms with Gasteiger partial charge in [0.2, 0.25) is 0 Å². The number of ether oxygens (including phenoxy) is 1. The summed E-state index contributed by atoms with van der Waals surface area (Å²) in [6.07, 6.45) is 4.02. The van der Waals surface area contributed by atoms with Gasteiger partial charge in [0, 0.05) is 6.61 Å². The highest BCUT2D eigenvalue weighted by molar-refractivity contribution is 5.75. The molecule has 0 heterocycles. The first-order chi connectivity index (χ1) is 6.29. The van der Waals surface area contributed by atoms with E-state index in [2.05, 4.69) is 6.92 Å². The Labute approximate surface area is 79.1 Å². The smallest absolute Gasteiger partial charge is 0.309 e. The highest BCUT2D eigenvalue weighted by Crippen LogP contribution is 2.38. The standard InChI is InChI=1S/C10H18O3/c1-2-3-4-5-13-10(12)9-6-8(9)7-11/h8-9,11H,2-7H2,1H3. The Balaban J connectivity index is 1.99. The van der Waals surface area contributed by atoms with Gasteiger partial charge in [-0.1, -0.05) is 19.8 Å². The summed E-state index contributed by atoms with van der Waals surface area (Å²) >= 11 is 0. The van der Waals surface area contributed by atoms with Crippen molar-refractivity contribution in [2.45, 2.75) is 32.6 Å². The molecule has 1 fully saturated rings. The van der Waals surface area contributed by atoms with Gasteiger partial charge in [-0.3, -0.25) is 4.79 Å². The van der Waals surface area contributed by atoms with E-state index >= 15 is 0 Å². The summed E-state index contributed by atoms with van der Waals surface area (Å²) in [5.41, 5.74) is 0. The third-order valence-electron chi connectivity index (χ3n) is 2.45. The Morgan fingerprint density at radius 1 is 1.54 bits per heavy atom. The zero-order valence-corrected chi connectivity index (χ0v) is 8.16. The highest BCUT2D eigenvalue weighted by Gasteiger charge is 2.43. The van der Waals surface area contributed by atoms with Crippen LogP contribution in [-0.2, 0) is 9.53 Å². The van der Waals surface area contributed by atoms with Gasteiger partial charge < -0.3 is 9.84 Å². The maximum absolute atomic E-state index is 11.2. The number of aliphatic hydroxyl groups is 1. The fourth-order valence-corrected chi connectivity index (χ4v) is 1.37. The predicted octanol–water partition coefficient (Wildman–Crippen LogP) is 1.35. The normalized spacial score (nSPS) is 25.7. The zero-order valence-electron chi connectivity index (χ0n) is 8.16. The van der Waals surface area contributed by atoms with E-state index in [9.17, 15) is 4.79 Å². The number of rotatable bonds is 6. The van der Waals surface area contributed by atoms with E-state index in [0.717, 1.165) is 25.7 Å². The molecule has 0 saturated heterocycles. The number of hydrogen-bond donors (Lipinski definition) is 1. The summed E-state index contributed by atoms with van der Waals surface area (Å²) in [6.45, 7) is 2.78. The molecule has 0 radical (unpaired) electrons. The second kappa shape index (κ2) is 5.22. The van der Waals surface area contributed by atoms with E-state index in [0.29, 0.717) is 6.61 Å². The molecule has 0 spiro atoms. The van der Waals surface area contributed by atoms with Crippen LogP contribution >= 0.6 is 0 Å². The molecule has 0 aromatic heterocycles. The summed E-state index contributed by atoms with van der Waals surface area (Å²) in [7, 11) is 0. The second-order valence-electron chi connectivity index (χ2n) is 3.66. The van der Waals surface area contributed by atoms with Gasteiger partial charge >= 0.3 is 5.97 Å². The van der Waals surface area contributed by atoms with Crippen molar-refractivity contribution in [2.24, 2.45) is 11.8 Å². The zero-order chi connectivity index (χ0) is 9.68. The van der Waals surface area contributed by atoms with Crippen molar-refractivity contribution in [2.75, 3.05) is 13.2 Å². The average molecular weight is 186 g/mol. The average Bonchev–Trinajstić information content (AvgIpc) is 2.91. The molecule has 0 amide bonds. The lowest BCUT2D eigenvalue weighted by Crippen LogP contribution is -2.10. The Morgan fingerprint density at radius 3 is 2.85 bits per heavy atom. The maximum atomic E-state index is 11.2. The second-order valence-corrected chi connectivity index (χ2v) is 3.66. The SMILES string of the molecule is CCCCCOC(=O)C1CC1CO. The van der Waals surface area contributed by atoms with Crippen LogP contribution in [0.3, 0.4) is 0 Å². The Kier molecular flexibility index (Phi) is 4.22. The summed E-state index contributed by atoms with van der Waals surface area (Å²) in [4.78, 5) is 11.2.